The van der Waals surface area contributed by atoms with Crippen LogP contribution in [0.25, 0.3) is 0 Å². The predicted molar refractivity (Wildman–Crippen MR) is 73.4 cm³/mol. The summed E-state index contributed by atoms with van der Waals surface area (Å²) in [6.07, 6.45) is 7.13. The Morgan fingerprint density at radius 1 is 1.12 bits per heavy atom. The van der Waals surface area contributed by atoms with Crippen LogP contribution in [0.1, 0.15) is 32.1 Å². The lowest BCUT2D eigenvalue weighted by Crippen LogP contribution is -2.44. The number of likely N-dealkylation sites (N-methyl/N-ethyl adjacent to an activating group) is 1. The van der Waals surface area contributed by atoms with Crippen LogP contribution in [-0.2, 0) is 0 Å². The molecule has 100 valence electrons. The minimum Gasteiger partial charge on any atom is -0.316 e. The van der Waals surface area contributed by atoms with Gasteiger partial charge in [-0.05, 0) is 58.3 Å². The summed E-state index contributed by atoms with van der Waals surface area (Å²) in [6.45, 7) is 8.92. The molecular weight excluding hydrogens is 210 g/mol. The molecule has 0 radical (unpaired) electrons. The van der Waals surface area contributed by atoms with Crippen molar-refractivity contribution in [1.29, 1.82) is 0 Å². The number of nitrogens with one attached hydrogen (secondary N) is 1. The second-order valence-electron chi connectivity index (χ2n) is 5.85. The van der Waals surface area contributed by atoms with Crippen molar-refractivity contribution in [3.05, 3.63) is 0 Å². The third kappa shape index (κ3) is 4.94. The highest BCUT2D eigenvalue weighted by atomic mass is 15.2. The van der Waals surface area contributed by atoms with Gasteiger partial charge in [-0.15, -0.1) is 0 Å². The zero-order valence-electron chi connectivity index (χ0n) is 11.5. The first-order valence-electron chi connectivity index (χ1n) is 7.46. The first kappa shape index (κ1) is 13.3. The van der Waals surface area contributed by atoms with Gasteiger partial charge in [-0.25, -0.2) is 0 Å². The van der Waals surface area contributed by atoms with Crippen LogP contribution >= 0.6 is 0 Å². The van der Waals surface area contributed by atoms with E-state index >= 15 is 0 Å². The van der Waals surface area contributed by atoms with E-state index in [-0.39, 0.29) is 0 Å². The molecule has 2 aliphatic heterocycles. The highest BCUT2D eigenvalue weighted by molar-refractivity contribution is 4.71. The number of hydrogen-bond donors (Lipinski definition) is 1. The van der Waals surface area contributed by atoms with Crippen LogP contribution in [0.2, 0.25) is 0 Å². The molecule has 2 saturated heterocycles. The molecule has 0 aromatic rings. The molecule has 1 atom stereocenters. The van der Waals surface area contributed by atoms with Crippen LogP contribution < -0.4 is 5.32 Å². The molecule has 0 aromatic carbocycles. The molecule has 0 amide bonds. The quantitative estimate of drug-likeness (QED) is 0.732. The lowest BCUT2D eigenvalue weighted by Gasteiger charge is -2.32. The summed E-state index contributed by atoms with van der Waals surface area (Å²) < 4.78 is 0. The van der Waals surface area contributed by atoms with Crippen molar-refractivity contribution in [2.24, 2.45) is 5.92 Å². The average molecular weight is 239 g/mol. The van der Waals surface area contributed by atoms with Gasteiger partial charge in [-0.3, -0.25) is 0 Å². The monoisotopic (exact) mass is 239 g/mol. The lowest BCUT2D eigenvalue weighted by atomic mass is 9.94. The van der Waals surface area contributed by atoms with Gasteiger partial charge in [-0.1, -0.05) is 6.42 Å². The largest absolute Gasteiger partial charge is 0.316 e. The van der Waals surface area contributed by atoms with E-state index in [1.807, 2.05) is 0 Å². The molecule has 1 unspecified atom stereocenters. The number of rotatable bonds is 5. The summed E-state index contributed by atoms with van der Waals surface area (Å²) in [5.41, 5.74) is 0. The molecule has 0 aromatic heterocycles. The number of hydrogen-bond acceptors (Lipinski definition) is 3. The van der Waals surface area contributed by atoms with Crippen LogP contribution in [0, 0.1) is 5.92 Å². The topological polar surface area (TPSA) is 18.5 Å². The Kier molecular flexibility index (Phi) is 5.75. The molecule has 17 heavy (non-hydrogen) atoms. The van der Waals surface area contributed by atoms with Gasteiger partial charge in [0.05, 0.1) is 0 Å². The predicted octanol–water partition coefficient (Wildman–Crippen LogP) is 1.40. The first-order chi connectivity index (χ1) is 8.34. The smallest absolute Gasteiger partial charge is 0.0110 e. The maximum absolute atomic E-state index is 3.51. The third-order valence-electron chi connectivity index (χ3n) is 4.33. The Morgan fingerprint density at radius 3 is 2.65 bits per heavy atom. The Labute approximate surface area is 107 Å². The number of piperidine rings is 1. The molecule has 2 aliphatic rings. The van der Waals surface area contributed by atoms with E-state index in [0.717, 1.165) is 5.92 Å². The fourth-order valence-electron chi connectivity index (χ4n) is 3.01. The number of nitrogens with zero attached hydrogens (tertiary/aromatic N) is 2. The van der Waals surface area contributed by atoms with Crippen LogP contribution in [0.5, 0.6) is 0 Å². The minimum absolute atomic E-state index is 0.969. The summed E-state index contributed by atoms with van der Waals surface area (Å²) in [6, 6.07) is 0. The number of unbranched alkanes of at least 4 members (excludes halogenated alkanes) is 1. The van der Waals surface area contributed by atoms with E-state index in [2.05, 4.69) is 22.2 Å². The molecule has 0 spiro atoms. The van der Waals surface area contributed by atoms with Gasteiger partial charge >= 0.3 is 0 Å². The Hall–Kier alpha value is -0.120. The van der Waals surface area contributed by atoms with Crippen molar-refractivity contribution < 1.29 is 0 Å². The van der Waals surface area contributed by atoms with Crippen molar-refractivity contribution in [1.82, 2.24) is 15.1 Å². The normalized spacial score (nSPS) is 28.4. The van der Waals surface area contributed by atoms with E-state index in [0.29, 0.717) is 0 Å². The van der Waals surface area contributed by atoms with Crippen LogP contribution in [0.4, 0.5) is 0 Å². The molecule has 0 bridgehead atoms. The van der Waals surface area contributed by atoms with Crippen molar-refractivity contribution >= 4 is 0 Å². The summed E-state index contributed by atoms with van der Waals surface area (Å²) in [4.78, 5) is 5.07. The van der Waals surface area contributed by atoms with Crippen LogP contribution in [0.3, 0.4) is 0 Å². The second-order valence-corrected chi connectivity index (χ2v) is 5.85. The van der Waals surface area contributed by atoms with Gasteiger partial charge in [0.15, 0.2) is 0 Å². The van der Waals surface area contributed by atoms with E-state index in [4.69, 9.17) is 0 Å². The van der Waals surface area contributed by atoms with Gasteiger partial charge in [-0.2, -0.15) is 0 Å². The van der Waals surface area contributed by atoms with Gasteiger partial charge < -0.3 is 15.1 Å². The maximum Gasteiger partial charge on any atom is 0.0110 e. The van der Waals surface area contributed by atoms with Crippen LogP contribution in [0.15, 0.2) is 0 Å². The van der Waals surface area contributed by atoms with Gasteiger partial charge in [0.1, 0.15) is 0 Å². The Morgan fingerprint density at radius 2 is 1.94 bits per heavy atom. The van der Waals surface area contributed by atoms with Crippen molar-refractivity contribution in [3.8, 4) is 0 Å². The van der Waals surface area contributed by atoms with Gasteiger partial charge in [0.25, 0.3) is 0 Å². The number of piperazine rings is 1. The Balaban J connectivity index is 1.48. The molecule has 2 rings (SSSR count). The standard InChI is InChI=1S/C14H29N3/c1-16-9-11-17(12-10-16)8-3-2-5-14-6-4-7-15-13-14/h14-15H,2-13H2,1H3. The molecular formula is C14H29N3. The average Bonchev–Trinajstić information content (AvgIpc) is 2.38. The molecule has 2 fully saturated rings. The zero-order chi connectivity index (χ0) is 11.9. The molecule has 1 N–H and O–H groups in total. The second kappa shape index (κ2) is 7.34. The van der Waals surface area contributed by atoms with E-state index in [9.17, 15) is 0 Å². The zero-order valence-corrected chi connectivity index (χ0v) is 11.5. The van der Waals surface area contributed by atoms with E-state index in [1.165, 1.54) is 77.9 Å². The minimum atomic E-state index is 0.969. The summed E-state index contributed by atoms with van der Waals surface area (Å²) >= 11 is 0. The summed E-state index contributed by atoms with van der Waals surface area (Å²) in [5.74, 6) is 0.969. The fraction of sp³-hybridized carbons (Fsp3) is 1.00. The summed E-state index contributed by atoms with van der Waals surface area (Å²) in [5, 5.41) is 3.51. The Bertz CT molecular complexity index is 194. The molecule has 2 heterocycles. The van der Waals surface area contributed by atoms with E-state index < -0.39 is 0 Å². The van der Waals surface area contributed by atoms with Gasteiger partial charge in [0.2, 0.25) is 0 Å². The lowest BCUT2D eigenvalue weighted by molar-refractivity contribution is 0.151. The van der Waals surface area contributed by atoms with Crippen molar-refractivity contribution in [2.45, 2.75) is 32.1 Å². The third-order valence-corrected chi connectivity index (χ3v) is 4.33. The molecule has 3 nitrogen and oxygen atoms in total. The SMILES string of the molecule is CN1CCN(CCCCC2CCCNC2)CC1. The molecule has 0 aliphatic carbocycles. The molecule has 3 heteroatoms. The summed E-state index contributed by atoms with van der Waals surface area (Å²) in [7, 11) is 2.23. The molecule has 0 saturated carbocycles. The highest BCUT2D eigenvalue weighted by Gasteiger charge is 2.14. The van der Waals surface area contributed by atoms with Crippen molar-refractivity contribution in [2.75, 3.05) is 52.9 Å². The van der Waals surface area contributed by atoms with Gasteiger partial charge in [0, 0.05) is 26.2 Å². The van der Waals surface area contributed by atoms with Crippen molar-refractivity contribution in [3.63, 3.8) is 0 Å². The maximum atomic E-state index is 3.51. The first-order valence-corrected chi connectivity index (χ1v) is 7.46. The van der Waals surface area contributed by atoms with Crippen LogP contribution in [-0.4, -0.2) is 62.7 Å². The van der Waals surface area contributed by atoms with E-state index in [1.54, 1.807) is 0 Å². The fourth-order valence-corrected chi connectivity index (χ4v) is 3.01. The highest BCUT2D eigenvalue weighted by Crippen LogP contribution is 2.17.